The molecule has 1 aliphatic heterocycles. The van der Waals surface area contributed by atoms with Gasteiger partial charge in [0.25, 0.3) is 0 Å². The topological polar surface area (TPSA) is 63.4 Å². The van der Waals surface area contributed by atoms with E-state index in [0.717, 1.165) is 25.7 Å². The first-order valence-electron chi connectivity index (χ1n) is 5.72. The van der Waals surface area contributed by atoms with E-state index in [1.165, 1.54) is 4.90 Å². The van der Waals surface area contributed by atoms with Gasteiger partial charge >= 0.3 is 0 Å². The number of carbonyl (C=O) groups excluding carboxylic acids is 2. The average Bonchev–Trinajstić information content (AvgIpc) is 2.44. The highest BCUT2D eigenvalue weighted by Gasteiger charge is 2.47. The molecule has 0 aromatic heterocycles. The number of hydrogen-bond acceptors (Lipinski definition) is 3. The van der Waals surface area contributed by atoms with Crippen LogP contribution in [0.3, 0.4) is 0 Å². The van der Waals surface area contributed by atoms with E-state index in [9.17, 15) is 9.59 Å². The predicted molar refractivity (Wildman–Crippen MR) is 55.8 cm³/mol. The summed E-state index contributed by atoms with van der Waals surface area (Å²) in [6.45, 7) is 2.20. The molecular weight excluding hydrogens is 192 g/mol. The maximum absolute atomic E-state index is 11.9. The molecule has 4 heteroatoms. The zero-order chi connectivity index (χ0) is 11.0. The molecule has 0 aromatic carbocycles. The van der Waals surface area contributed by atoms with Crippen LogP contribution in [0.25, 0.3) is 0 Å². The fraction of sp³-hybridized carbons (Fsp3) is 0.818. The molecule has 1 saturated heterocycles. The van der Waals surface area contributed by atoms with Gasteiger partial charge in [0.2, 0.25) is 11.8 Å². The second-order valence-electron chi connectivity index (χ2n) is 4.76. The second kappa shape index (κ2) is 3.93. The second-order valence-corrected chi connectivity index (χ2v) is 4.76. The van der Waals surface area contributed by atoms with Crippen molar-refractivity contribution in [1.82, 2.24) is 4.90 Å². The Labute approximate surface area is 89.8 Å². The average molecular weight is 210 g/mol. The summed E-state index contributed by atoms with van der Waals surface area (Å²) >= 11 is 0. The zero-order valence-electron chi connectivity index (χ0n) is 9.11. The Kier molecular flexibility index (Phi) is 2.78. The molecular formula is C11H18N2O2. The standard InChI is InChI=1S/C11H18N2O2/c1-7(12)6-13-10(14)8-4-2-3-5-9(8)11(13)15/h7-9H,2-6,12H2,1H3. The molecule has 2 aliphatic rings. The van der Waals surface area contributed by atoms with Gasteiger partial charge in [-0.15, -0.1) is 0 Å². The molecule has 15 heavy (non-hydrogen) atoms. The molecule has 0 spiro atoms. The number of rotatable bonds is 2. The maximum Gasteiger partial charge on any atom is 0.233 e. The maximum atomic E-state index is 11.9. The number of nitrogens with zero attached hydrogens (tertiary/aromatic N) is 1. The van der Waals surface area contributed by atoms with Crippen LogP contribution in [-0.2, 0) is 9.59 Å². The molecule has 0 radical (unpaired) electrons. The summed E-state index contributed by atoms with van der Waals surface area (Å²) in [5.74, 6) is -0.0426. The molecule has 0 bridgehead atoms. The van der Waals surface area contributed by atoms with Crippen molar-refractivity contribution in [2.75, 3.05) is 6.54 Å². The van der Waals surface area contributed by atoms with Gasteiger partial charge in [0.05, 0.1) is 11.8 Å². The molecule has 3 unspecified atom stereocenters. The third-order valence-corrected chi connectivity index (χ3v) is 3.40. The Morgan fingerprint density at radius 3 is 2.13 bits per heavy atom. The number of amides is 2. The monoisotopic (exact) mass is 210 g/mol. The van der Waals surface area contributed by atoms with Crippen LogP contribution < -0.4 is 5.73 Å². The number of likely N-dealkylation sites (tertiary alicyclic amines) is 1. The van der Waals surface area contributed by atoms with E-state index in [4.69, 9.17) is 5.73 Å². The first-order valence-corrected chi connectivity index (χ1v) is 5.72. The Balaban J connectivity index is 2.14. The van der Waals surface area contributed by atoms with E-state index >= 15 is 0 Å². The summed E-state index contributed by atoms with van der Waals surface area (Å²) in [4.78, 5) is 25.3. The van der Waals surface area contributed by atoms with Crippen LogP contribution >= 0.6 is 0 Å². The highest BCUT2D eigenvalue weighted by Crippen LogP contribution is 2.37. The van der Waals surface area contributed by atoms with Gasteiger partial charge in [-0.25, -0.2) is 0 Å². The van der Waals surface area contributed by atoms with Crippen molar-refractivity contribution >= 4 is 11.8 Å². The van der Waals surface area contributed by atoms with E-state index < -0.39 is 0 Å². The fourth-order valence-corrected chi connectivity index (χ4v) is 2.70. The molecule has 0 aromatic rings. The van der Waals surface area contributed by atoms with Gasteiger partial charge in [-0.2, -0.15) is 0 Å². The molecule has 1 saturated carbocycles. The van der Waals surface area contributed by atoms with E-state index in [1.807, 2.05) is 6.92 Å². The van der Waals surface area contributed by atoms with Crippen molar-refractivity contribution in [3.63, 3.8) is 0 Å². The lowest BCUT2D eigenvalue weighted by Crippen LogP contribution is -2.40. The predicted octanol–water partition coefficient (Wildman–Crippen LogP) is 0.509. The largest absolute Gasteiger partial charge is 0.326 e. The third-order valence-electron chi connectivity index (χ3n) is 3.40. The van der Waals surface area contributed by atoms with Crippen LogP contribution in [-0.4, -0.2) is 29.3 Å². The van der Waals surface area contributed by atoms with E-state index in [-0.39, 0.29) is 29.7 Å². The Morgan fingerprint density at radius 2 is 1.73 bits per heavy atom. The van der Waals surface area contributed by atoms with E-state index in [2.05, 4.69) is 0 Å². The van der Waals surface area contributed by atoms with Gasteiger partial charge in [-0.1, -0.05) is 12.8 Å². The third kappa shape index (κ3) is 1.78. The van der Waals surface area contributed by atoms with Crippen LogP contribution in [0.2, 0.25) is 0 Å². The Morgan fingerprint density at radius 1 is 1.27 bits per heavy atom. The first kappa shape index (κ1) is 10.6. The molecule has 2 N–H and O–H groups in total. The van der Waals surface area contributed by atoms with E-state index in [0.29, 0.717) is 6.54 Å². The van der Waals surface area contributed by atoms with Crippen molar-refractivity contribution in [3.05, 3.63) is 0 Å². The summed E-state index contributed by atoms with van der Waals surface area (Å²) < 4.78 is 0. The SMILES string of the molecule is CC(N)CN1C(=O)C2CCCCC2C1=O. The number of nitrogens with two attached hydrogens (primary N) is 1. The van der Waals surface area contributed by atoms with Crippen LogP contribution in [0, 0.1) is 11.8 Å². The lowest BCUT2D eigenvalue weighted by atomic mass is 9.81. The zero-order valence-corrected chi connectivity index (χ0v) is 9.11. The van der Waals surface area contributed by atoms with Gasteiger partial charge in [0.15, 0.2) is 0 Å². The number of carbonyl (C=O) groups is 2. The molecule has 3 atom stereocenters. The highest BCUT2D eigenvalue weighted by atomic mass is 16.2. The Hall–Kier alpha value is -0.900. The van der Waals surface area contributed by atoms with Gasteiger partial charge in [-0.05, 0) is 19.8 Å². The van der Waals surface area contributed by atoms with Crippen molar-refractivity contribution in [3.8, 4) is 0 Å². The minimum absolute atomic E-state index is 0.0157. The van der Waals surface area contributed by atoms with Crippen LogP contribution in [0.5, 0.6) is 0 Å². The van der Waals surface area contributed by atoms with Crippen LogP contribution in [0.15, 0.2) is 0 Å². The molecule has 1 heterocycles. The fourth-order valence-electron chi connectivity index (χ4n) is 2.70. The molecule has 2 rings (SSSR count). The van der Waals surface area contributed by atoms with Crippen molar-refractivity contribution in [1.29, 1.82) is 0 Å². The highest BCUT2D eigenvalue weighted by molar-refractivity contribution is 6.05. The number of imide groups is 1. The van der Waals surface area contributed by atoms with E-state index in [1.54, 1.807) is 0 Å². The summed E-state index contributed by atoms with van der Waals surface area (Å²) in [6, 6.07) is -0.127. The van der Waals surface area contributed by atoms with Gasteiger partial charge < -0.3 is 5.73 Å². The summed E-state index contributed by atoms with van der Waals surface area (Å²) in [6.07, 6.45) is 3.91. The number of hydrogen-bond donors (Lipinski definition) is 1. The van der Waals surface area contributed by atoms with Crippen LogP contribution in [0.1, 0.15) is 32.6 Å². The molecule has 84 valence electrons. The first-order chi connectivity index (χ1) is 7.11. The summed E-state index contributed by atoms with van der Waals surface area (Å²) in [5.41, 5.74) is 5.64. The quantitative estimate of drug-likeness (QED) is 0.675. The normalized spacial score (nSPS) is 33.1. The van der Waals surface area contributed by atoms with Crippen molar-refractivity contribution in [2.24, 2.45) is 17.6 Å². The van der Waals surface area contributed by atoms with Crippen molar-refractivity contribution < 1.29 is 9.59 Å². The van der Waals surface area contributed by atoms with Gasteiger partial charge in [0, 0.05) is 12.6 Å². The lowest BCUT2D eigenvalue weighted by Gasteiger charge is -2.19. The molecule has 1 aliphatic carbocycles. The smallest absolute Gasteiger partial charge is 0.233 e. The minimum Gasteiger partial charge on any atom is -0.326 e. The minimum atomic E-state index is -0.127. The van der Waals surface area contributed by atoms with Crippen molar-refractivity contribution in [2.45, 2.75) is 38.6 Å². The van der Waals surface area contributed by atoms with Crippen LogP contribution in [0.4, 0.5) is 0 Å². The molecule has 2 amide bonds. The summed E-state index contributed by atoms with van der Waals surface area (Å²) in [5, 5.41) is 0. The Bertz CT molecular complexity index is 264. The molecule has 4 nitrogen and oxygen atoms in total. The lowest BCUT2D eigenvalue weighted by molar-refractivity contribution is -0.140. The van der Waals surface area contributed by atoms with Gasteiger partial charge in [-0.3, -0.25) is 14.5 Å². The molecule has 2 fully saturated rings. The summed E-state index contributed by atoms with van der Waals surface area (Å²) in [7, 11) is 0. The van der Waals surface area contributed by atoms with Gasteiger partial charge in [0.1, 0.15) is 0 Å². The number of fused-ring (bicyclic) bond motifs is 1.